The Bertz CT molecular complexity index is 3110. The Morgan fingerprint density at radius 1 is 0.216 bits per heavy atom. The summed E-state index contributed by atoms with van der Waals surface area (Å²) in [6.45, 7) is 0. The molecule has 36 atom stereocenters. The van der Waals surface area contributed by atoms with Crippen LogP contribution in [-0.2, 0) is 55.4 Å². The van der Waals surface area contributed by atoms with Crippen LogP contribution in [0.25, 0.3) is 0 Å². The summed E-state index contributed by atoms with van der Waals surface area (Å²) in [4.78, 5) is 0. The predicted octanol–water partition coefficient (Wildman–Crippen LogP) is 1.35. The van der Waals surface area contributed by atoms with Gasteiger partial charge in [-0.1, -0.05) is 77.0 Å². The summed E-state index contributed by atoms with van der Waals surface area (Å²) < 4.78 is 129. The van der Waals surface area contributed by atoms with Gasteiger partial charge in [0.1, 0.15) is 0 Å². The molecule has 0 amide bonds. The summed E-state index contributed by atoms with van der Waals surface area (Å²) in [7, 11) is -6.78. The number of rotatable bonds is 4. The molecule has 33 heteroatoms. The third-order valence-electron chi connectivity index (χ3n) is 29.2. The summed E-state index contributed by atoms with van der Waals surface area (Å²) in [5.74, 6) is 3.52. The second-order valence-corrected chi connectivity index (χ2v) is 42.3. The van der Waals surface area contributed by atoms with Gasteiger partial charge in [-0.05, 0) is 186 Å². The molecule has 16 bridgehead atoms. The van der Waals surface area contributed by atoms with Crippen LogP contribution in [0.4, 0.5) is 0 Å². The molecule has 0 spiro atoms. The second-order valence-electron chi connectivity index (χ2n) is 33.6. The van der Waals surface area contributed by atoms with Gasteiger partial charge in [0.25, 0.3) is 0 Å². The van der Waals surface area contributed by atoms with Crippen LogP contribution in [0.1, 0.15) is 180 Å². The quantitative estimate of drug-likeness (QED) is 0.107. The maximum absolute atomic E-state index is 13.0. The molecule has 1 radical (unpaired) electrons. The van der Waals surface area contributed by atoms with Crippen LogP contribution in [-0.4, -0.2) is 162 Å². The summed E-state index contributed by atoms with van der Waals surface area (Å²) in [5.41, 5.74) is 0. The minimum absolute atomic E-state index is 0. The number of halogens is 2. The summed E-state index contributed by atoms with van der Waals surface area (Å²) >= 11 is 0. The van der Waals surface area contributed by atoms with Gasteiger partial charge in [-0.2, -0.15) is 0 Å². The van der Waals surface area contributed by atoms with E-state index in [2.05, 4.69) is 85.1 Å². The largest absolute Gasteiger partial charge is 2.00 e. The maximum Gasteiger partial charge on any atom is 2.00 e. The molecule has 97 heavy (non-hydrogen) atoms. The van der Waals surface area contributed by atoms with E-state index in [0.717, 1.165) is 64.2 Å². The zero-order valence-electron chi connectivity index (χ0n) is 55.4. The third kappa shape index (κ3) is 13.4. The van der Waals surface area contributed by atoms with Crippen LogP contribution in [0.15, 0.2) is 0 Å². The van der Waals surface area contributed by atoms with E-state index >= 15 is 0 Å². The fourth-order valence-corrected chi connectivity index (χ4v) is 32.9. The van der Waals surface area contributed by atoms with Gasteiger partial charge in [0.2, 0.25) is 18.1 Å². The van der Waals surface area contributed by atoms with Crippen LogP contribution in [0.3, 0.4) is 0 Å². The number of nitrogens with one attached hydrogen (secondary N) is 16. The van der Waals surface area contributed by atoms with Gasteiger partial charge in [0.05, 0.1) is 140 Å². The fraction of sp³-hybridized carbons (Fsp3) is 1.00. The van der Waals surface area contributed by atoms with Crippen LogP contribution in [0.5, 0.6) is 0 Å². The average molecular weight is 1520 g/mol. The molecule has 0 aromatic carbocycles. The molecule has 0 aromatic rings. The van der Waals surface area contributed by atoms with Crippen molar-refractivity contribution in [1.29, 1.82) is 0 Å². The van der Waals surface area contributed by atoms with Crippen molar-refractivity contribution in [3.05, 3.63) is 0 Å². The maximum atomic E-state index is 13.0. The van der Waals surface area contributed by atoms with E-state index in [4.69, 9.17) is 21.4 Å². The molecule has 18 fully saturated rings. The third-order valence-corrected chi connectivity index (χ3v) is 36.0. The first-order valence-corrected chi connectivity index (χ1v) is 45.7. The van der Waals surface area contributed by atoms with Crippen LogP contribution < -0.4 is 85.1 Å². The molecule has 10 heterocycles. The van der Waals surface area contributed by atoms with Crippen LogP contribution in [0, 0.1) is 94.7 Å². The van der Waals surface area contributed by atoms with Crippen molar-refractivity contribution in [1.82, 2.24) is 85.1 Å². The first-order chi connectivity index (χ1) is 46.1. The van der Waals surface area contributed by atoms with E-state index in [-0.39, 0.29) is 128 Å². The van der Waals surface area contributed by atoms with E-state index < -0.39 is 83.5 Å². The molecular weight excluding hydrogens is 1420 g/mol. The van der Waals surface area contributed by atoms with Crippen molar-refractivity contribution in [2.75, 3.05) is 0 Å². The van der Waals surface area contributed by atoms with E-state index in [1.54, 1.807) is 0 Å². The average Bonchev–Trinajstić information content (AvgIpc) is 1.64. The molecule has 16 N–H and O–H groups in total. The molecule has 26 nitrogen and oxygen atoms in total. The van der Waals surface area contributed by atoms with Gasteiger partial charge in [0.15, 0.2) is 0 Å². The number of hydrogen-bond acceptors (Lipinski definition) is 26. The van der Waals surface area contributed by atoms with Crippen molar-refractivity contribution in [2.45, 2.75) is 299 Å². The summed E-state index contributed by atoms with van der Waals surface area (Å²) in [6, 6.07) is 0. The monoisotopic (exact) mass is 1520 g/mol. The van der Waals surface area contributed by atoms with Gasteiger partial charge < -0.3 is 9.11 Å². The van der Waals surface area contributed by atoms with Gasteiger partial charge in [-0.3, -0.25) is 85.1 Å². The molecular formula is C64H108Cl2CuN16O10S4. The Hall–Kier alpha value is 0.179. The van der Waals surface area contributed by atoms with Crippen molar-refractivity contribution >= 4 is 59.7 Å². The Kier molecular flexibility index (Phi) is 20.7. The zero-order chi connectivity index (χ0) is 65.9. The topological polar surface area (TPSA) is 375 Å². The summed E-state index contributed by atoms with van der Waals surface area (Å²) in [6.07, 6.45) is 28.7. The smallest absolute Gasteiger partial charge is 0.748 e. The molecule has 10 saturated heterocycles. The second kappa shape index (κ2) is 28.1. The zero-order valence-corrected chi connectivity index (χ0v) is 61.1. The van der Waals surface area contributed by atoms with E-state index in [1.807, 2.05) is 0 Å². The SMILES string of the molecule is O=S(=O)([O-])C1C2C3NC4NC(NC5NC(NC6NC(NC(N3)C2CCC1S(=O)(=O)Cl)C1CCCCC61)C1CCCCC51)C1CCCCC41.O=S(=O)([O-])C1C2C3NC4NC(NC5NC(NC6NC(NC(N3)C2CCC1S(=O)(=O)Cl)C1CCCCC61)C1CCCCC51)C1CCCCC41.[Cu+2]. The Morgan fingerprint density at radius 3 is 0.505 bits per heavy atom. The molecule has 8 saturated carbocycles. The van der Waals surface area contributed by atoms with Crippen molar-refractivity contribution < 1.29 is 59.8 Å². The van der Waals surface area contributed by atoms with Gasteiger partial charge >= 0.3 is 17.1 Å². The first-order valence-electron chi connectivity index (χ1n) is 38.0. The van der Waals surface area contributed by atoms with Crippen LogP contribution >= 0.6 is 21.4 Å². The first kappa shape index (κ1) is 71.4. The molecule has 18 rings (SSSR count). The standard InChI is InChI=1S/2C32H55ClN8O5S2.Cu/c2*33-47(42,43)22-14-13-21-23(24(22)48(44,45)46)32-40-30-20-12-6-5-11-19(20)28(38-30)36-26-16-8-2-1-7-15(16)25(34-26)35-27-17-9-3-4-10-18(17)29(37-27)39-31(21)41-32;/h2*15-32,34-41H,1-14H2,(H,44,45,46);/q;;+2/p-2. The van der Waals surface area contributed by atoms with Gasteiger partial charge in [-0.25, -0.2) is 33.7 Å². The van der Waals surface area contributed by atoms with Gasteiger partial charge in [0, 0.05) is 33.2 Å². The molecule has 10 aliphatic heterocycles. The van der Waals surface area contributed by atoms with Gasteiger partial charge in [-0.15, -0.1) is 0 Å². The van der Waals surface area contributed by atoms with Crippen molar-refractivity contribution in [3.63, 3.8) is 0 Å². The van der Waals surface area contributed by atoms with E-state index in [9.17, 15) is 42.8 Å². The molecule has 0 aromatic heterocycles. The minimum atomic E-state index is -5.00. The van der Waals surface area contributed by atoms with Crippen LogP contribution in [0.2, 0.25) is 0 Å². The summed E-state index contributed by atoms with van der Waals surface area (Å²) in [5, 5.41) is 57.0. The number of hydrogen-bond donors (Lipinski definition) is 16. The number of fused-ring (bicyclic) bond motifs is 40. The Balaban J connectivity index is 0.000000151. The normalized spacial score (nSPS) is 53.2. The van der Waals surface area contributed by atoms with Crippen molar-refractivity contribution in [3.8, 4) is 0 Å². The minimum Gasteiger partial charge on any atom is -0.748 e. The molecule has 553 valence electrons. The molecule has 8 aliphatic carbocycles. The molecule has 18 aliphatic rings. The Morgan fingerprint density at radius 2 is 0.361 bits per heavy atom. The van der Waals surface area contributed by atoms with Crippen molar-refractivity contribution in [2.24, 2.45) is 94.7 Å². The molecule has 36 unspecified atom stereocenters. The Labute approximate surface area is 594 Å². The van der Waals surface area contributed by atoms with E-state index in [1.165, 1.54) is 89.9 Å². The predicted molar refractivity (Wildman–Crippen MR) is 360 cm³/mol. The van der Waals surface area contributed by atoms with E-state index in [0.29, 0.717) is 83.9 Å². The fourth-order valence-electron chi connectivity index (χ4n) is 25.3.